The quantitative estimate of drug-likeness (QED) is 0.773. The van der Waals surface area contributed by atoms with Gasteiger partial charge >= 0.3 is 0 Å². The second kappa shape index (κ2) is 6.24. The van der Waals surface area contributed by atoms with E-state index < -0.39 is 0 Å². The zero-order valence-electron chi connectivity index (χ0n) is 11.3. The lowest BCUT2D eigenvalue weighted by atomic mass is 10.2. The van der Waals surface area contributed by atoms with Crippen molar-refractivity contribution in [3.63, 3.8) is 0 Å². The number of aryl methyl sites for hydroxylation is 1. The van der Waals surface area contributed by atoms with Crippen molar-refractivity contribution in [2.45, 2.75) is 13.0 Å². The highest BCUT2D eigenvalue weighted by molar-refractivity contribution is 5.39. The molecule has 2 N–H and O–H groups in total. The Morgan fingerprint density at radius 1 is 1.37 bits per heavy atom. The fourth-order valence-corrected chi connectivity index (χ4v) is 1.87. The van der Waals surface area contributed by atoms with Gasteiger partial charge in [-0.05, 0) is 24.3 Å². The average molecular weight is 261 g/mol. The SMILES string of the molecule is COc1ccc(O)c(CNCCc2ccn(C)n2)c1. The van der Waals surface area contributed by atoms with Gasteiger partial charge < -0.3 is 15.2 Å². The van der Waals surface area contributed by atoms with Crippen molar-refractivity contribution in [1.29, 1.82) is 0 Å². The molecule has 0 bridgehead atoms. The van der Waals surface area contributed by atoms with E-state index in [0.29, 0.717) is 6.54 Å². The molecule has 0 saturated carbocycles. The molecule has 5 nitrogen and oxygen atoms in total. The summed E-state index contributed by atoms with van der Waals surface area (Å²) in [6.07, 6.45) is 2.80. The van der Waals surface area contributed by atoms with Crippen LogP contribution in [-0.4, -0.2) is 28.5 Å². The third kappa shape index (κ3) is 3.72. The smallest absolute Gasteiger partial charge is 0.120 e. The molecule has 0 saturated heterocycles. The first-order chi connectivity index (χ1) is 9.19. The Morgan fingerprint density at radius 2 is 2.21 bits per heavy atom. The Hall–Kier alpha value is -2.01. The van der Waals surface area contributed by atoms with Crippen LogP contribution in [0.1, 0.15) is 11.3 Å². The zero-order valence-corrected chi connectivity index (χ0v) is 11.3. The fourth-order valence-electron chi connectivity index (χ4n) is 1.87. The van der Waals surface area contributed by atoms with Crippen LogP contribution >= 0.6 is 0 Å². The summed E-state index contributed by atoms with van der Waals surface area (Å²) >= 11 is 0. The van der Waals surface area contributed by atoms with Crippen LogP contribution in [0.2, 0.25) is 0 Å². The minimum Gasteiger partial charge on any atom is -0.508 e. The predicted octanol–water partition coefficient (Wildman–Crippen LogP) is 1.47. The van der Waals surface area contributed by atoms with Gasteiger partial charge in [-0.25, -0.2) is 0 Å². The molecule has 0 atom stereocenters. The summed E-state index contributed by atoms with van der Waals surface area (Å²) < 4.78 is 6.93. The van der Waals surface area contributed by atoms with E-state index >= 15 is 0 Å². The van der Waals surface area contributed by atoms with Crippen LogP contribution in [0.25, 0.3) is 0 Å². The van der Waals surface area contributed by atoms with Crippen molar-refractivity contribution in [2.75, 3.05) is 13.7 Å². The molecule has 102 valence electrons. The number of benzene rings is 1. The van der Waals surface area contributed by atoms with E-state index in [1.165, 1.54) is 0 Å². The number of rotatable bonds is 6. The van der Waals surface area contributed by atoms with Crippen LogP contribution in [-0.2, 0) is 20.0 Å². The van der Waals surface area contributed by atoms with Crippen molar-refractivity contribution in [3.8, 4) is 11.5 Å². The monoisotopic (exact) mass is 261 g/mol. The molecule has 0 unspecified atom stereocenters. The molecule has 2 aromatic rings. The second-order valence-corrected chi connectivity index (χ2v) is 4.40. The molecular formula is C14H19N3O2. The van der Waals surface area contributed by atoms with Crippen LogP contribution in [0.4, 0.5) is 0 Å². The summed E-state index contributed by atoms with van der Waals surface area (Å²) in [7, 11) is 3.52. The van der Waals surface area contributed by atoms with Crippen LogP contribution in [0.15, 0.2) is 30.5 Å². The van der Waals surface area contributed by atoms with Crippen LogP contribution in [0, 0.1) is 0 Å². The molecule has 0 aliphatic carbocycles. The van der Waals surface area contributed by atoms with E-state index in [4.69, 9.17) is 4.74 Å². The van der Waals surface area contributed by atoms with Gasteiger partial charge in [0.1, 0.15) is 11.5 Å². The number of methoxy groups -OCH3 is 1. The van der Waals surface area contributed by atoms with Crippen LogP contribution in [0.3, 0.4) is 0 Å². The Bertz CT molecular complexity index is 537. The minimum absolute atomic E-state index is 0.283. The molecule has 0 amide bonds. The van der Waals surface area contributed by atoms with E-state index in [1.54, 1.807) is 23.9 Å². The number of ether oxygens (including phenoxy) is 1. The molecule has 0 aliphatic heterocycles. The van der Waals surface area contributed by atoms with Crippen LogP contribution in [0.5, 0.6) is 11.5 Å². The third-order valence-electron chi connectivity index (χ3n) is 2.93. The molecule has 1 aromatic heterocycles. The molecule has 0 spiro atoms. The van der Waals surface area contributed by atoms with E-state index in [1.807, 2.05) is 25.4 Å². The minimum atomic E-state index is 0.283. The zero-order chi connectivity index (χ0) is 13.7. The average Bonchev–Trinajstić information content (AvgIpc) is 2.82. The van der Waals surface area contributed by atoms with Crippen molar-refractivity contribution in [2.24, 2.45) is 7.05 Å². The normalized spacial score (nSPS) is 10.6. The van der Waals surface area contributed by atoms with Gasteiger partial charge in [0.05, 0.1) is 12.8 Å². The van der Waals surface area contributed by atoms with Gasteiger partial charge in [0, 0.05) is 38.3 Å². The van der Waals surface area contributed by atoms with Gasteiger partial charge in [-0.2, -0.15) is 5.10 Å². The van der Waals surface area contributed by atoms with Gasteiger partial charge in [0.2, 0.25) is 0 Å². The van der Waals surface area contributed by atoms with Crippen LogP contribution < -0.4 is 10.1 Å². The number of phenolic OH excluding ortho intramolecular Hbond substituents is 1. The maximum atomic E-state index is 9.74. The summed E-state index contributed by atoms with van der Waals surface area (Å²) in [6.45, 7) is 1.42. The predicted molar refractivity (Wildman–Crippen MR) is 73.3 cm³/mol. The van der Waals surface area contributed by atoms with Crippen molar-refractivity contribution < 1.29 is 9.84 Å². The van der Waals surface area contributed by atoms with Gasteiger partial charge in [0.25, 0.3) is 0 Å². The van der Waals surface area contributed by atoms with E-state index in [-0.39, 0.29) is 5.75 Å². The van der Waals surface area contributed by atoms with Gasteiger partial charge in [0.15, 0.2) is 0 Å². The molecule has 0 radical (unpaired) electrons. The number of hydrogen-bond acceptors (Lipinski definition) is 4. The summed E-state index contributed by atoms with van der Waals surface area (Å²) in [5.41, 5.74) is 1.89. The second-order valence-electron chi connectivity index (χ2n) is 4.40. The third-order valence-corrected chi connectivity index (χ3v) is 2.93. The van der Waals surface area contributed by atoms with Gasteiger partial charge in [-0.1, -0.05) is 0 Å². The first kappa shape index (κ1) is 13.4. The summed E-state index contributed by atoms with van der Waals surface area (Å²) in [6, 6.07) is 7.23. The molecule has 0 aliphatic rings. The molecule has 1 heterocycles. The lowest BCUT2D eigenvalue weighted by molar-refractivity contribution is 0.410. The number of aromatic nitrogens is 2. The molecule has 5 heteroatoms. The van der Waals surface area contributed by atoms with E-state index in [2.05, 4.69) is 10.4 Å². The standard InChI is InChI=1S/C14H19N3O2/c1-17-8-6-12(16-17)5-7-15-10-11-9-13(19-2)3-4-14(11)18/h3-4,6,8-9,15,18H,5,7,10H2,1-2H3. The molecule has 1 aromatic carbocycles. The number of nitrogens with one attached hydrogen (secondary N) is 1. The first-order valence-electron chi connectivity index (χ1n) is 6.24. The number of aromatic hydroxyl groups is 1. The largest absolute Gasteiger partial charge is 0.508 e. The van der Waals surface area contributed by atoms with E-state index in [9.17, 15) is 5.11 Å². The highest BCUT2D eigenvalue weighted by Crippen LogP contribution is 2.22. The molecule has 0 fully saturated rings. The lowest BCUT2D eigenvalue weighted by Gasteiger charge is -2.08. The maximum absolute atomic E-state index is 9.74. The Labute approximate surface area is 112 Å². The Morgan fingerprint density at radius 3 is 2.89 bits per heavy atom. The summed E-state index contributed by atoms with van der Waals surface area (Å²) in [5, 5.41) is 17.3. The first-order valence-corrected chi connectivity index (χ1v) is 6.24. The van der Waals surface area contributed by atoms with E-state index in [0.717, 1.165) is 30.0 Å². The molecule has 19 heavy (non-hydrogen) atoms. The number of hydrogen-bond donors (Lipinski definition) is 2. The van der Waals surface area contributed by atoms with Gasteiger partial charge in [-0.3, -0.25) is 4.68 Å². The van der Waals surface area contributed by atoms with Gasteiger partial charge in [-0.15, -0.1) is 0 Å². The molecule has 2 rings (SSSR count). The topological polar surface area (TPSA) is 59.3 Å². The highest BCUT2D eigenvalue weighted by Gasteiger charge is 2.03. The number of nitrogens with zero attached hydrogens (tertiary/aromatic N) is 2. The Kier molecular flexibility index (Phi) is 4.41. The lowest BCUT2D eigenvalue weighted by Crippen LogP contribution is -2.17. The number of phenols is 1. The van der Waals surface area contributed by atoms with Crippen molar-refractivity contribution in [1.82, 2.24) is 15.1 Å². The fraction of sp³-hybridized carbons (Fsp3) is 0.357. The maximum Gasteiger partial charge on any atom is 0.120 e. The van der Waals surface area contributed by atoms with Crippen molar-refractivity contribution in [3.05, 3.63) is 41.7 Å². The highest BCUT2D eigenvalue weighted by atomic mass is 16.5. The van der Waals surface area contributed by atoms with Crippen molar-refractivity contribution >= 4 is 0 Å². The summed E-state index contributed by atoms with van der Waals surface area (Å²) in [5.74, 6) is 1.03. The molecular weight excluding hydrogens is 242 g/mol. The Balaban J connectivity index is 1.82. The summed E-state index contributed by atoms with van der Waals surface area (Å²) in [4.78, 5) is 0.